The van der Waals surface area contributed by atoms with Gasteiger partial charge < -0.3 is 10.1 Å². The first-order valence-corrected chi connectivity index (χ1v) is 7.51. The summed E-state index contributed by atoms with van der Waals surface area (Å²) in [7, 11) is 0. The predicted molar refractivity (Wildman–Crippen MR) is 84.4 cm³/mol. The molecule has 0 unspecified atom stereocenters. The molecule has 108 valence electrons. The Balaban J connectivity index is 1.85. The summed E-state index contributed by atoms with van der Waals surface area (Å²) in [4.78, 5) is 4.57. The number of aromatic nitrogens is 1. The van der Waals surface area contributed by atoms with Gasteiger partial charge in [-0.05, 0) is 32.0 Å². The molecule has 3 heteroatoms. The maximum atomic E-state index is 5.86. The Bertz CT molecular complexity index is 540. The van der Waals surface area contributed by atoms with Crippen molar-refractivity contribution in [1.82, 2.24) is 10.3 Å². The summed E-state index contributed by atoms with van der Waals surface area (Å²) in [6.45, 7) is 6.86. The number of benzene rings is 1. The number of rotatable bonds is 8. The highest BCUT2D eigenvalue weighted by atomic mass is 16.5. The van der Waals surface area contributed by atoms with Crippen molar-refractivity contribution in [3.63, 3.8) is 0 Å². The van der Waals surface area contributed by atoms with Gasteiger partial charge in [0.25, 0.3) is 0 Å². The number of ether oxygens (including phenoxy) is 1. The minimum absolute atomic E-state index is 0.681. The molecule has 3 nitrogen and oxygen atoms in total. The van der Waals surface area contributed by atoms with E-state index in [9.17, 15) is 0 Å². The van der Waals surface area contributed by atoms with Crippen LogP contribution in [-0.2, 0) is 0 Å². The topological polar surface area (TPSA) is 34.1 Å². The maximum Gasteiger partial charge on any atom is 0.145 e. The first-order valence-electron chi connectivity index (χ1n) is 7.51. The molecule has 0 aliphatic heterocycles. The van der Waals surface area contributed by atoms with Crippen LogP contribution in [0.3, 0.4) is 0 Å². The largest absolute Gasteiger partial charge is 0.490 e. The maximum absolute atomic E-state index is 5.86. The van der Waals surface area contributed by atoms with Gasteiger partial charge in [0.15, 0.2) is 0 Å². The summed E-state index contributed by atoms with van der Waals surface area (Å²) in [6, 6.07) is 10.2. The Labute approximate surface area is 121 Å². The number of pyridine rings is 1. The molecular formula is C17H24N2O. The average molecular weight is 272 g/mol. The zero-order valence-corrected chi connectivity index (χ0v) is 12.5. The summed E-state index contributed by atoms with van der Waals surface area (Å²) in [6.07, 6.45) is 3.80. The fourth-order valence-electron chi connectivity index (χ4n) is 2.19. The highest BCUT2D eigenvalue weighted by Gasteiger charge is 2.03. The third kappa shape index (κ3) is 4.20. The Kier molecular flexibility index (Phi) is 5.81. The Morgan fingerprint density at radius 3 is 2.85 bits per heavy atom. The fraction of sp³-hybridized carbons (Fsp3) is 0.471. The van der Waals surface area contributed by atoms with Crippen LogP contribution >= 0.6 is 0 Å². The van der Waals surface area contributed by atoms with Crippen LogP contribution in [0.1, 0.15) is 31.9 Å². The van der Waals surface area contributed by atoms with Gasteiger partial charge in [0, 0.05) is 17.6 Å². The number of hydrogen-bond acceptors (Lipinski definition) is 3. The lowest BCUT2D eigenvalue weighted by Gasteiger charge is -2.10. The second-order valence-corrected chi connectivity index (χ2v) is 5.09. The number of nitrogens with zero attached hydrogens (tertiary/aromatic N) is 1. The molecule has 1 aromatic heterocycles. The van der Waals surface area contributed by atoms with Gasteiger partial charge in [-0.15, -0.1) is 0 Å². The lowest BCUT2D eigenvalue weighted by atomic mass is 10.2. The molecule has 0 saturated heterocycles. The molecule has 0 spiro atoms. The minimum atomic E-state index is 0.681. The van der Waals surface area contributed by atoms with E-state index in [0.29, 0.717) is 6.61 Å². The van der Waals surface area contributed by atoms with Crippen molar-refractivity contribution < 1.29 is 4.74 Å². The van der Waals surface area contributed by atoms with Gasteiger partial charge in [0.2, 0.25) is 0 Å². The van der Waals surface area contributed by atoms with Crippen molar-refractivity contribution in [2.75, 3.05) is 19.7 Å². The van der Waals surface area contributed by atoms with E-state index in [-0.39, 0.29) is 0 Å². The molecule has 0 aliphatic rings. The smallest absolute Gasteiger partial charge is 0.145 e. The van der Waals surface area contributed by atoms with Crippen molar-refractivity contribution in [3.8, 4) is 5.75 Å². The summed E-state index contributed by atoms with van der Waals surface area (Å²) in [5.74, 6) is 0.876. The van der Waals surface area contributed by atoms with Gasteiger partial charge in [0.05, 0.1) is 0 Å². The minimum Gasteiger partial charge on any atom is -0.490 e. The van der Waals surface area contributed by atoms with Crippen LogP contribution in [0.25, 0.3) is 10.9 Å². The standard InChI is InChI=1S/C17H24N2O/c1-3-4-5-11-18-12-13-20-16-8-6-7-15-10-9-14(2)19-17(15)16/h6-10,18H,3-5,11-13H2,1-2H3. The van der Waals surface area contributed by atoms with Crippen molar-refractivity contribution in [3.05, 3.63) is 36.0 Å². The van der Waals surface area contributed by atoms with Crippen LogP contribution in [0.15, 0.2) is 30.3 Å². The van der Waals surface area contributed by atoms with Gasteiger partial charge >= 0.3 is 0 Å². The lowest BCUT2D eigenvalue weighted by Crippen LogP contribution is -2.22. The first kappa shape index (κ1) is 14.8. The van der Waals surface area contributed by atoms with Crippen molar-refractivity contribution in [2.45, 2.75) is 33.1 Å². The van der Waals surface area contributed by atoms with Gasteiger partial charge in [-0.3, -0.25) is 0 Å². The molecule has 2 rings (SSSR count). The average Bonchev–Trinajstić information content (AvgIpc) is 2.46. The number of fused-ring (bicyclic) bond motifs is 1. The van der Waals surface area contributed by atoms with Crippen LogP contribution in [-0.4, -0.2) is 24.7 Å². The van der Waals surface area contributed by atoms with Crippen molar-refractivity contribution in [1.29, 1.82) is 0 Å². The summed E-state index contributed by atoms with van der Waals surface area (Å²) in [5, 5.41) is 4.53. The number of nitrogens with one attached hydrogen (secondary N) is 1. The predicted octanol–water partition coefficient (Wildman–Crippen LogP) is 3.70. The number of aryl methyl sites for hydroxylation is 1. The van der Waals surface area contributed by atoms with Gasteiger partial charge in [-0.25, -0.2) is 4.98 Å². The third-order valence-corrected chi connectivity index (χ3v) is 3.32. The zero-order valence-electron chi connectivity index (χ0n) is 12.5. The van der Waals surface area contributed by atoms with E-state index in [4.69, 9.17) is 4.74 Å². The molecule has 0 amide bonds. The number of hydrogen-bond donors (Lipinski definition) is 1. The molecule has 2 aromatic rings. The molecule has 1 aromatic carbocycles. The molecule has 0 fully saturated rings. The Hall–Kier alpha value is -1.61. The van der Waals surface area contributed by atoms with Crippen LogP contribution in [0, 0.1) is 6.92 Å². The number of unbranched alkanes of at least 4 members (excludes halogenated alkanes) is 2. The normalized spacial score (nSPS) is 10.9. The van der Waals surface area contributed by atoms with E-state index in [2.05, 4.69) is 29.4 Å². The van der Waals surface area contributed by atoms with Gasteiger partial charge in [0.1, 0.15) is 17.9 Å². The van der Waals surface area contributed by atoms with Crippen LogP contribution in [0.4, 0.5) is 0 Å². The van der Waals surface area contributed by atoms with E-state index in [0.717, 1.165) is 35.4 Å². The highest BCUT2D eigenvalue weighted by molar-refractivity contribution is 5.84. The van der Waals surface area contributed by atoms with Gasteiger partial charge in [-0.2, -0.15) is 0 Å². The van der Waals surface area contributed by atoms with Crippen molar-refractivity contribution in [2.24, 2.45) is 0 Å². The molecule has 20 heavy (non-hydrogen) atoms. The SMILES string of the molecule is CCCCCNCCOc1cccc2ccc(C)nc12. The molecule has 0 aliphatic carbocycles. The first-order chi connectivity index (χ1) is 9.81. The molecule has 1 N–H and O–H groups in total. The van der Waals surface area contributed by atoms with E-state index in [1.807, 2.05) is 25.1 Å². The summed E-state index contributed by atoms with van der Waals surface area (Å²) in [5.41, 5.74) is 1.98. The third-order valence-electron chi connectivity index (χ3n) is 3.32. The summed E-state index contributed by atoms with van der Waals surface area (Å²) < 4.78 is 5.86. The second-order valence-electron chi connectivity index (χ2n) is 5.09. The molecule has 1 heterocycles. The van der Waals surface area contributed by atoms with Crippen LogP contribution in [0.5, 0.6) is 5.75 Å². The monoisotopic (exact) mass is 272 g/mol. The molecule has 0 saturated carbocycles. The molecule has 0 atom stereocenters. The number of para-hydroxylation sites is 1. The van der Waals surface area contributed by atoms with Crippen LogP contribution in [0.2, 0.25) is 0 Å². The zero-order chi connectivity index (χ0) is 14.2. The highest BCUT2D eigenvalue weighted by Crippen LogP contribution is 2.23. The van der Waals surface area contributed by atoms with E-state index >= 15 is 0 Å². The molecular weight excluding hydrogens is 248 g/mol. The van der Waals surface area contributed by atoms with E-state index in [1.54, 1.807) is 0 Å². The van der Waals surface area contributed by atoms with Crippen LogP contribution < -0.4 is 10.1 Å². The lowest BCUT2D eigenvalue weighted by molar-refractivity contribution is 0.316. The molecule has 0 bridgehead atoms. The Morgan fingerprint density at radius 2 is 2.00 bits per heavy atom. The van der Waals surface area contributed by atoms with Gasteiger partial charge in [-0.1, -0.05) is 38.0 Å². The molecule has 0 radical (unpaired) electrons. The summed E-state index contributed by atoms with van der Waals surface area (Å²) >= 11 is 0. The van der Waals surface area contributed by atoms with E-state index in [1.165, 1.54) is 19.3 Å². The van der Waals surface area contributed by atoms with Crippen molar-refractivity contribution >= 4 is 10.9 Å². The Morgan fingerprint density at radius 1 is 1.10 bits per heavy atom. The second kappa shape index (κ2) is 7.85. The quantitative estimate of drug-likeness (QED) is 0.744. The fourth-order valence-corrected chi connectivity index (χ4v) is 2.19. The van der Waals surface area contributed by atoms with E-state index < -0.39 is 0 Å².